The van der Waals surface area contributed by atoms with Crippen molar-refractivity contribution in [1.29, 1.82) is 0 Å². The van der Waals surface area contributed by atoms with Gasteiger partial charge >= 0.3 is 0 Å². The summed E-state index contributed by atoms with van der Waals surface area (Å²) < 4.78 is 0. The molecule has 2 atom stereocenters. The third-order valence-electron chi connectivity index (χ3n) is 4.35. The number of carbonyl (C=O) groups excluding carboxylic acids is 3. The van der Waals surface area contributed by atoms with E-state index < -0.39 is 28.3 Å². The number of nitrogens with zero attached hydrogens (tertiary/aromatic N) is 4. The number of rotatable bonds is 8. The average Bonchev–Trinajstić information content (AvgIpc) is 3.15. The van der Waals surface area contributed by atoms with Gasteiger partial charge < -0.3 is 21.6 Å². The summed E-state index contributed by atoms with van der Waals surface area (Å²) in [5.41, 5.74) is 12.0. The molecule has 2 aliphatic heterocycles. The molecule has 1 aromatic heterocycles. The first-order chi connectivity index (χ1) is 14.4. The zero-order valence-electron chi connectivity index (χ0n) is 15.8. The molecule has 1 fully saturated rings. The van der Waals surface area contributed by atoms with E-state index in [0.717, 1.165) is 16.9 Å². The normalized spacial score (nSPS) is 21.5. The molecule has 3 heterocycles. The number of thioether (sulfide) groups is 1. The van der Waals surface area contributed by atoms with Crippen LogP contribution in [0.4, 0.5) is 5.13 Å². The van der Waals surface area contributed by atoms with Crippen molar-refractivity contribution in [3.05, 3.63) is 22.3 Å². The summed E-state index contributed by atoms with van der Waals surface area (Å²) in [7, 11) is 1.29. The number of nitrogens with two attached hydrogens (primary N) is 2. The molecule has 2 aliphatic rings. The van der Waals surface area contributed by atoms with Crippen LogP contribution in [-0.4, -0.2) is 69.7 Å². The Bertz CT molecular complexity index is 958. The van der Waals surface area contributed by atoms with E-state index in [2.05, 4.69) is 33.1 Å². The number of carbonyl (C=O) groups is 3. The molecule has 1 aromatic rings. The number of thiazole rings is 1. The fourth-order valence-electron chi connectivity index (χ4n) is 3.05. The molecule has 2 amide bonds. The van der Waals surface area contributed by atoms with Gasteiger partial charge in [-0.15, -0.1) is 23.1 Å². The van der Waals surface area contributed by atoms with Crippen molar-refractivity contribution in [2.24, 2.45) is 15.9 Å². The minimum Gasteiger partial charge on any atom is -0.398 e. The Balaban J connectivity index is 1.76. The van der Waals surface area contributed by atoms with E-state index in [9.17, 15) is 14.4 Å². The molecule has 5 N–H and O–H groups in total. The second kappa shape index (κ2) is 9.49. The second-order valence-corrected chi connectivity index (χ2v) is 8.52. The number of aliphatic imine (C=N–C) groups is 1. The highest BCUT2D eigenvalue weighted by molar-refractivity contribution is 8.00. The quantitative estimate of drug-likeness (QED) is 0.131. The van der Waals surface area contributed by atoms with Crippen molar-refractivity contribution in [2.45, 2.75) is 17.8 Å². The molecule has 3 rings (SSSR count). The van der Waals surface area contributed by atoms with Gasteiger partial charge in [-0.1, -0.05) is 17.8 Å². The van der Waals surface area contributed by atoms with Crippen molar-refractivity contribution in [3.8, 4) is 0 Å². The number of hydrogen-bond donors (Lipinski definition) is 4. The molecule has 14 heteroatoms. The van der Waals surface area contributed by atoms with Gasteiger partial charge in [0.05, 0.1) is 12.0 Å². The minimum absolute atomic E-state index is 0.0983. The summed E-state index contributed by atoms with van der Waals surface area (Å²) >= 11 is 6.51. The van der Waals surface area contributed by atoms with Crippen LogP contribution in [0.25, 0.3) is 0 Å². The first-order valence-electron chi connectivity index (χ1n) is 8.62. The Morgan fingerprint density at radius 2 is 2.30 bits per heavy atom. The van der Waals surface area contributed by atoms with Gasteiger partial charge in [0.25, 0.3) is 11.8 Å². The molecule has 11 nitrogen and oxygen atoms in total. The van der Waals surface area contributed by atoms with Gasteiger partial charge in [-0.05, 0) is 12.0 Å². The fourth-order valence-corrected chi connectivity index (χ4v) is 5.25. The summed E-state index contributed by atoms with van der Waals surface area (Å²) in [5.74, 6) is -0.539. The number of nitrogens with one attached hydrogen (secondary N) is 1. The lowest BCUT2D eigenvalue weighted by Crippen LogP contribution is -2.70. The van der Waals surface area contributed by atoms with Crippen LogP contribution < -0.4 is 16.8 Å². The van der Waals surface area contributed by atoms with E-state index in [1.165, 1.54) is 30.1 Å². The maximum atomic E-state index is 12.8. The number of aromatic nitrogens is 1. The number of amides is 2. The van der Waals surface area contributed by atoms with Gasteiger partial charge in [0.2, 0.25) is 5.12 Å². The number of nitrogen functional groups attached to an aromatic ring is 1. The van der Waals surface area contributed by atoms with Gasteiger partial charge in [0.1, 0.15) is 24.2 Å². The van der Waals surface area contributed by atoms with Crippen LogP contribution in [0.1, 0.15) is 12.1 Å². The van der Waals surface area contributed by atoms with Crippen molar-refractivity contribution in [3.63, 3.8) is 0 Å². The highest BCUT2D eigenvalue weighted by Gasteiger charge is 2.53. The largest absolute Gasteiger partial charge is 0.398 e. The first kappa shape index (κ1) is 22.1. The van der Waals surface area contributed by atoms with Crippen LogP contribution in [0, 0.1) is 0 Å². The zero-order valence-corrected chi connectivity index (χ0v) is 18.3. The Hall–Kier alpha value is -2.58. The molecule has 1 unspecified atom stereocenters. The Morgan fingerprint density at radius 1 is 1.53 bits per heavy atom. The average molecular weight is 470 g/mol. The Morgan fingerprint density at radius 3 is 2.90 bits per heavy atom. The Kier molecular flexibility index (Phi) is 6.99. The minimum atomic E-state index is -0.827. The second-order valence-electron chi connectivity index (χ2n) is 6.12. The summed E-state index contributed by atoms with van der Waals surface area (Å²) in [6, 6.07) is -0.827. The molecule has 30 heavy (non-hydrogen) atoms. The molecular formula is C16H19N7O4S3. The van der Waals surface area contributed by atoms with Gasteiger partial charge in [-0.2, -0.15) is 0 Å². The van der Waals surface area contributed by atoms with Gasteiger partial charge in [0.15, 0.2) is 10.8 Å². The van der Waals surface area contributed by atoms with E-state index in [4.69, 9.17) is 16.3 Å². The maximum Gasteiger partial charge on any atom is 0.276 e. The molecule has 0 aliphatic carbocycles. The van der Waals surface area contributed by atoms with Gasteiger partial charge in [-0.25, -0.2) is 4.98 Å². The molecule has 0 radical (unpaired) electrons. The molecule has 0 spiro atoms. The summed E-state index contributed by atoms with van der Waals surface area (Å²) in [4.78, 5) is 51.6. The van der Waals surface area contributed by atoms with E-state index >= 15 is 0 Å². The standard InChI is InChI=1S/C16H19N7O4S3/c1-27-22-9(8-5-30-16(18)20-8)12(24)21-10-13(25)23-11(15(26)28)7(2-3-19-6-17)4-29-14(10)23/h5-6,10,14H,2-4H2,1H3,(H2,17,19)(H2,18,20)(H,21,24)(H,26,28)/b22-9-/t10?,14-/m1/s1. The third-order valence-corrected chi connectivity index (χ3v) is 6.57. The number of fused-ring (bicyclic) bond motifs is 1. The van der Waals surface area contributed by atoms with Crippen LogP contribution in [0.5, 0.6) is 0 Å². The fraction of sp³-hybridized carbons (Fsp3) is 0.375. The summed E-state index contributed by atoms with van der Waals surface area (Å²) in [6.07, 6.45) is 1.67. The lowest BCUT2D eigenvalue weighted by atomic mass is 10.0. The van der Waals surface area contributed by atoms with Crippen LogP contribution in [0.3, 0.4) is 0 Å². The predicted molar refractivity (Wildman–Crippen MR) is 118 cm³/mol. The topological polar surface area (TPSA) is 165 Å². The van der Waals surface area contributed by atoms with Crippen LogP contribution >= 0.6 is 35.7 Å². The van der Waals surface area contributed by atoms with Crippen LogP contribution in [0.2, 0.25) is 0 Å². The lowest BCUT2D eigenvalue weighted by molar-refractivity contribution is -0.146. The lowest BCUT2D eigenvalue weighted by Gasteiger charge is -2.49. The number of hydrogen-bond acceptors (Lipinski definition) is 10. The van der Waals surface area contributed by atoms with Crippen LogP contribution in [0.15, 0.2) is 26.8 Å². The monoisotopic (exact) mass is 469 g/mol. The predicted octanol–water partition coefficient (Wildman–Crippen LogP) is -0.437. The van der Waals surface area contributed by atoms with Crippen LogP contribution in [-0.2, 0) is 19.2 Å². The van der Waals surface area contributed by atoms with E-state index in [1.54, 1.807) is 5.38 Å². The molecule has 0 bridgehead atoms. The van der Waals surface area contributed by atoms with E-state index in [1.807, 2.05) is 0 Å². The molecule has 0 aromatic carbocycles. The maximum absolute atomic E-state index is 12.8. The Labute approximate surface area is 185 Å². The van der Waals surface area contributed by atoms with Crippen molar-refractivity contribution in [1.82, 2.24) is 15.2 Å². The van der Waals surface area contributed by atoms with Crippen molar-refractivity contribution >= 4 is 69.8 Å². The number of anilines is 1. The highest BCUT2D eigenvalue weighted by atomic mass is 32.2. The molecule has 160 valence electrons. The molecule has 1 saturated heterocycles. The van der Waals surface area contributed by atoms with Gasteiger partial charge in [0, 0.05) is 17.7 Å². The van der Waals surface area contributed by atoms with Crippen molar-refractivity contribution in [2.75, 3.05) is 25.1 Å². The zero-order chi connectivity index (χ0) is 21.8. The molecule has 0 saturated carbocycles. The first-order valence-corrected chi connectivity index (χ1v) is 11.0. The summed E-state index contributed by atoms with van der Waals surface area (Å²) in [6.45, 7) is 0.400. The van der Waals surface area contributed by atoms with E-state index in [0.29, 0.717) is 18.7 Å². The smallest absolute Gasteiger partial charge is 0.276 e. The highest BCUT2D eigenvalue weighted by Crippen LogP contribution is 2.41. The molecular weight excluding hydrogens is 450 g/mol. The third kappa shape index (κ3) is 4.29. The number of β-lactam (4-membered cyclic amide) rings is 1. The van der Waals surface area contributed by atoms with Gasteiger partial charge in [-0.3, -0.25) is 24.3 Å². The number of oxime groups is 1. The number of thiol groups is 1. The van der Waals surface area contributed by atoms with Crippen molar-refractivity contribution < 1.29 is 19.2 Å². The SMILES string of the molecule is CO/N=C(\C(=O)NC1C(=O)N2C(C(=O)S)=C(CCN=CN)CS[C@H]12)c1csc(N)n1. The van der Waals surface area contributed by atoms with E-state index in [-0.39, 0.29) is 22.2 Å². The summed E-state index contributed by atoms with van der Waals surface area (Å²) in [5, 5.41) is 7.24.